The first-order chi connectivity index (χ1) is 10.2. The first-order valence-electron chi connectivity index (χ1n) is 6.90. The summed E-state index contributed by atoms with van der Waals surface area (Å²) in [5.41, 5.74) is 0.816. The van der Waals surface area contributed by atoms with Crippen molar-refractivity contribution in [3.05, 3.63) is 59.1 Å². The number of hydrogen-bond acceptors (Lipinski definition) is 2. The number of halogens is 1. The van der Waals surface area contributed by atoms with E-state index in [9.17, 15) is 5.11 Å². The second kappa shape index (κ2) is 7.73. The summed E-state index contributed by atoms with van der Waals surface area (Å²) >= 11 is 5.84. The van der Waals surface area contributed by atoms with Crippen molar-refractivity contribution in [1.29, 1.82) is 0 Å². The van der Waals surface area contributed by atoms with E-state index >= 15 is 0 Å². The molecule has 0 saturated carbocycles. The van der Waals surface area contributed by atoms with Crippen LogP contribution in [0.3, 0.4) is 0 Å². The maximum absolute atomic E-state index is 9.62. The van der Waals surface area contributed by atoms with Gasteiger partial charge in [-0.3, -0.25) is 0 Å². The van der Waals surface area contributed by atoms with Gasteiger partial charge in [0.2, 0.25) is 0 Å². The van der Waals surface area contributed by atoms with Crippen LogP contribution in [0, 0.1) is 11.8 Å². The lowest BCUT2D eigenvalue weighted by Gasteiger charge is -2.06. The molecule has 1 N–H and O–H groups in total. The van der Waals surface area contributed by atoms with E-state index in [0.717, 1.165) is 17.7 Å². The fourth-order valence-corrected chi connectivity index (χ4v) is 1.91. The highest BCUT2D eigenvalue weighted by atomic mass is 35.5. The van der Waals surface area contributed by atoms with Crippen molar-refractivity contribution in [3.8, 4) is 23.3 Å². The Balaban J connectivity index is 2.08. The summed E-state index contributed by atoms with van der Waals surface area (Å²) in [5.74, 6) is 7.22. The van der Waals surface area contributed by atoms with Crippen molar-refractivity contribution in [2.24, 2.45) is 0 Å². The zero-order valence-electron chi connectivity index (χ0n) is 11.8. The van der Waals surface area contributed by atoms with Gasteiger partial charge >= 0.3 is 0 Å². The van der Waals surface area contributed by atoms with Gasteiger partial charge in [-0.2, -0.15) is 0 Å². The van der Waals surface area contributed by atoms with Gasteiger partial charge in [0.05, 0.1) is 0 Å². The monoisotopic (exact) mass is 300 g/mol. The molecule has 0 radical (unpaired) electrons. The lowest BCUT2D eigenvalue weighted by atomic mass is 10.1. The summed E-state index contributed by atoms with van der Waals surface area (Å²) in [6.45, 7) is 2.02. The Kier molecular flexibility index (Phi) is 5.68. The summed E-state index contributed by atoms with van der Waals surface area (Å²) in [7, 11) is 0. The molecule has 0 aliphatic heterocycles. The van der Waals surface area contributed by atoms with Crippen LogP contribution >= 0.6 is 11.6 Å². The average molecular weight is 301 g/mol. The van der Waals surface area contributed by atoms with Crippen molar-refractivity contribution in [3.63, 3.8) is 0 Å². The fraction of sp³-hybridized carbons (Fsp3) is 0.222. The van der Waals surface area contributed by atoms with E-state index in [0.29, 0.717) is 17.2 Å². The fourth-order valence-electron chi connectivity index (χ4n) is 1.79. The third kappa shape index (κ3) is 5.15. The molecule has 21 heavy (non-hydrogen) atoms. The molecule has 0 aromatic heterocycles. The van der Waals surface area contributed by atoms with Crippen molar-refractivity contribution in [2.75, 3.05) is 0 Å². The highest BCUT2D eigenvalue weighted by molar-refractivity contribution is 6.30. The van der Waals surface area contributed by atoms with E-state index < -0.39 is 6.10 Å². The number of ether oxygens (including phenoxy) is 1. The third-order valence-electron chi connectivity index (χ3n) is 2.83. The predicted molar refractivity (Wildman–Crippen MR) is 85.8 cm³/mol. The normalized spacial score (nSPS) is 11.4. The smallest absolute Gasteiger partial charge is 0.128 e. The van der Waals surface area contributed by atoms with Gasteiger partial charge in [-0.1, -0.05) is 42.9 Å². The van der Waals surface area contributed by atoms with Crippen LogP contribution < -0.4 is 4.74 Å². The van der Waals surface area contributed by atoms with Crippen molar-refractivity contribution in [1.82, 2.24) is 0 Å². The summed E-state index contributed by atoms with van der Waals surface area (Å²) in [5, 5.41) is 10.3. The van der Waals surface area contributed by atoms with Gasteiger partial charge in [0.25, 0.3) is 0 Å². The van der Waals surface area contributed by atoms with Crippen LogP contribution in [-0.2, 0) is 0 Å². The maximum atomic E-state index is 9.62. The molecule has 0 aliphatic rings. The lowest BCUT2D eigenvalue weighted by Crippen LogP contribution is -2.00. The molecule has 0 heterocycles. The molecule has 0 amide bonds. The molecule has 0 bridgehead atoms. The Labute approximate surface area is 130 Å². The van der Waals surface area contributed by atoms with Crippen LogP contribution in [0.5, 0.6) is 11.5 Å². The number of hydrogen-bond donors (Lipinski definition) is 1. The molecule has 108 valence electrons. The molecule has 1 atom stereocenters. The van der Waals surface area contributed by atoms with Gasteiger partial charge in [0, 0.05) is 10.6 Å². The minimum absolute atomic E-state index is 0.573. The van der Waals surface area contributed by atoms with Gasteiger partial charge in [-0.05, 0) is 48.9 Å². The molecule has 0 saturated heterocycles. The van der Waals surface area contributed by atoms with Gasteiger partial charge in [0.1, 0.15) is 17.6 Å². The highest BCUT2D eigenvalue weighted by Gasteiger charge is 1.99. The topological polar surface area (TPSA) is 29.5 Å². The Bertz CT molecular complexity index is 638. The molecule has 0 aliphatic carbocycles. The van der Waals surface area contributed by atoms with Crippen LogP contribution in [0.15, 0.2) is 48.5 Å². The Hall–Kier alpha value is -1.95. The minimum atomic E-state index is -0.573. The molecule has 2 aromatic carbocycles. The van der Waals surface area contributed by atoms with Crippen molar-refractivity contribution < 1.29 is 9.84 Å². The predicted octanol–water partition coefficient (Wildman–Crippen LogP) is 4.64. The molecular formula is C18H17ClO2. The molecule has 0 spiro atoms. The number of rotatable bonds is 4. The second-order valence-electron chi connectivity index (χ2n) is 4.66. The van der Waals surface area contributed by atoms with Crippen LogP contribution in [0.4, 0.5) is 0 Å². The third-order valence-corrected chi connectivity index (χ3v) is 3.08. The minimum Gasteiger partial charge on any atom is -0.457 e. The van der Waals surface area contributed by atoms with E-state index in [1.54, 1.807) is 12.1 Å². The van der Waals surface area contributed by atoms with E-state index in [2.05, 4.69) is 11.8 Å². The standard InChI is InChI=1S/C18H17ClO2/c1-2-4-16(20)10-7-14-5-3-6-18(13-14)21-17-11-8-15(19)9-12-17/h3,5-6,8-9,11-13,16,20H,2,4H2,1H3. The Morgan fingerprint density at radius 1 is 1.14 bits per heavy atom. The number of aliphatic hydroxyl groups is 1. The van der Waals surface area contributed by atoms with Crippen LogP contribution in [0.2, 0.25) is 5.02 Å². The van der Waals surface area contributed by atoms with Gasteiger partial charge in [-0.15, -0.1) is 0 Å². The first-order valence-corrected chi connectivity index (χ1v) is 7.28. The molecule has 3 heteroatoms. The van der Waals surface area contributed by atoms with Crippen LogP contribution in [-0.4, -0.2) is 11.2 Å². The second-order valence-corrected chi connectivity index (χ2v) is 5.09. The van der Waals surface area contributed by atoms with Crippen LogP contribution in [0.1, 0.15) is 25.3 Å². The Morgan fingerprint density at radius 3 is 2.62 bits per heavy atom. The summed E-state index contributed by atoms with van der Waals surface area (Å²) in [6.07, 6.45) is 1.03. The van der Waals surface area contributed by atoms with Crippen molar-refractivity contribution in [2.45, 2.75) is 25.9 Å². The van der Waals surface area contributed by atoms with E-state index in [4.69, 9.17) is 16.3 Å². The molecule has 2 aromatic rings. The summed E-state index contributed by atoms with van der Waals surface area (Å²) in [4.78, 5) is 0. The summed E-state index contributed by atoms with van der Waals surface area (Å²) < 4.78 is 5.74. The molecule has 2 rings (SSSR count). The number of aliphatic hydroxyl groups excluding tert-OH is 1. The van der Waals surface area contributed by atoms with E-state index in [1.165, 1.54) is 0 Å². The summed E-state index contributed by atoms with van der Waals surface area (Å²) in [6, 6.07) is 14.7. The molecule has 2 nitrogen and oxygen atoms in total. The SMILES string of the molecule is CCCC(O)C#Cc1cccc(Oc2ccc(Cl)cc2)c1. The van der Waals surface area contributed by atoms with Gasteiger partial charge in [0.15, 0.2) is 0 Å². The van der Waals surface area contributed by atoms with Crippen LogP contribution in [0.25, 0.3) is 0 Å². The first kappa shape index (κ1) is 15.4. The largest absolute Gasteiger partial charge is 0.457 e. The van der Waals surface area contributed by atoms with Crippen molar-refractivity contribution >= 4 is 11.6 Å². The lowest BCUT2D eigenvalue weighted by molar-refractivity contribution is 0.221. The number of benzene rings is 2. The highest BCUT2D eigenvalue weighted by Crippen LogP contribution is 2.23. The van der Waals surface area contributed by atoms with E-state index in [-0.39, 0.29) is 0 Å². The average Bonchev–Trinajstić information content (AvgIpc) is 2.48. The molecule has 0 fully saturated rings. The zero-order valence-corrected chi connectivity index (χ0v) is 12.6. The quantitative estimate of drug-likeness (QED) is 0.833. The van der Waals surface area contributed by atoms with Gasteiger partial charge in [-0.25, -0.2) is 0 Å². The Morgan fingerprint density at radius 2 is 1.90 bits per heavy atom. The molecule has 1 unspecified atom stereocenters. The molecular weight excluding hydrogens is 284 g/mol. The van der Waals surface area contributed by atoms with Gasteiger partial charge < -0.3 is 9.84 Å². The maximum Gasteiger partial charge on any atom is 0.128 e. The van der Waals surface area contributed by atoms with E-state index in [1.807, 2.05) is 43.3 Å². The zero-order chi connectivity index (χ0) is 15.1.